The second kappa shape index (κ2) is 8.38. The monoisotopic (exact) mass is 505 g/mol. The summed E-state index contributed by atoms with van der Waals surface area (Å²) in [4.78, 5) is 22.8. The number of nitrogens with one attached hydrogen (secondary N) is 1. The zero-order valence-corrected chi connectivity index (χ0v) is 17.4. The van der Waals surface area contributed by atoms with E-state index in [9.17, 15) is 23.3 Å². The second-order valence-electron chi connectivity index (χ2n) is 6.35. The summed E-state index contributed by atoms with van der Waals surface area (Å²) in [5.41, 5.74) is -1.72. The summed E-state index contributed by atoms with van der Waals surface area (Å²) < 4.78 is 46.4. The van der Waals surface area contributed by atoms with Gasteiger partial charge in [0.1, 0.15) is 11.8 Å². The Morgan fingerprint density at radius 2 is 1.81 bits per heavy atom. The lowest BCUT2D eigenvalue weighted by atomic mass is 10.1. The molecule has 0 atom stereocenters. The number of pyridine rings is 1. The van der Waals surface area contributed by atoms with Crippen LogP contribution in [-0.4, -0.2) is 19.9 Å². The van der Waals surface area contributed by atoms with Gasteiger partial charge in [-0.25, -0.2) is 4.98 Å². The predicted molar refractivity (Wildman–Crippen MR) is 113 cm³/mol. The Balaban J connectivity index is 1.79. The van der Waals surface area contributed by atoms with Crippen LogP contribution < -0.4 is 10.1 Å². The van der Waals surface area contributed by atoms with E-state index < -0.39 is 39.7 Å². The van der Waals surface area contributed by atoms with E-state index >= 15 is 0 Å². The summed E-state index contributed by atoms with van der Waals surface area (Å²) in [6.45, 7) is 0. The molecular weight excluding hydrogens is 495 g/mol. The molecule has 2 heterocycles. The largest absolute Gasteiger partial charge is 0.431 e. The quantitative estimate of drug-likeness (QED) is 0.252. The zero-order chi connectivity index (χ0) is 22.9. The van der Waals surface area contributed by atoms with E-state index in [2.05, 4.69) is 36.2 Å². The van der Waals surface area contributed by atoms with E-state index in [4.69, 9.17) is 4.74 Å². The van der Waals surface area contributed by atoms with Crippen molar-refractivity contribution < 1.29 is 22.8 Å². The molecule has 32 heavy (non-hydrogen) atoms. The summed E-state index contributed by atoms with van der Waals surface area (Å²) in [6, 6.07) is 11.3. The van der Waals surface area contributed by atoms with Crippen molar-refractivity contribution in [1.82, 2.24) is 15.0 Å². The molecule has 0 spiro atoms. The first-order chi connectivity index (χ1) is 15.3. The van der Waals surface area contributed by atoms with Gasteiger partial charge in [0.25, 0.3) is 0 Å². The molecule has 0 radical (unpaired) electrons. The molecule has 2 aromatic carbocycles. The van der Waals surface area contributed by atoms with E-state index in [1.807, 2.05) is 0 Å². The lowest BCUT2D eigenvalue weighted by molar-refractivity contribution is -0.385. The molecule has 162 valence electrons. The molecule has 8 nitrogen and oxygen atoms in total. The maximum absolute atomic E-state index is 13.3. The molecule has 12 heteroatoms. The highest BCUT2D eigenvalue weighted by molar-refractivity contribution is 9.10. The molecule has 2 aromatic heterocycles. The first-order valence-electron chi connectivity index (χ1n) is 8.89. The van der Waals surface area contributed by atoms with Crippen LogP contribution in [0.15, 0.2) is 65.5 Å². The fourth-order valence-electron chi connectivity index (χ4n) is 2.96. The average Bonchev–Trinajstić information content (AvgIpc) is 2.75. The van der Waals surface area contributed by atoms with Crippen molar-refractivity contribution in [2.24, 2.45) is 0 Å². The summed E-state index contributed by atoms with van der Waals surface area (Å²) >= 11 is 3.39. The van der Waals surface area contributed by atoms with Crippen molar-refractivity contribution in [2.75, 3.05) is 5.32 Å². The lowest BCUT2D eigenvalue weighted by Gasteiger charge is -2.14. The first kappa shape index (κ1) is 21.4. The van der Waals surface area contributed by atoms with Crippen LogP contribution in [0, 0.1) is 10.1 Å². The number of rotatable bonds is 5. The van der Waals surface area contributed by atoms with Gasteiger partial charge in [-0.2, -0.15) is 18.2 Å². The number of alkyl halides is 3. The van der Waals surface area contributed by atoms with Crippen molar-refractivity contribution in [1.29, 1.82) is 0 Å². The van der Waals surface area contributed by atoms with Gasteiger partial charge in [0.15, 0.2) is 5.75 Å². The topological polar surface area (TPSA) is 103 Å². The third-order valence-electron chi connectivity index (χ3n) is 4.34. The highest BCUT2D eigenvalue weighted by Gasteiger charge is 2.34. The number of nitro groups is 1. The summed E-state index contributed by atoms with van der Waals surface area (Å²) in [5.74, 6) is -0.732. The Labute approximate surface area is 186 Å². The van der Waals surface area contributed by atoms with Gasteiger partial charge in [-0.3, -0.25) is 15.1 Å². The number of fused-ring (bicyclic) bond motifs is 1. The number of anilines is 2. The minimum absolute atomic E-state index is 0.173. The van der Waals surface area contributed by atoms with E-state index in [1.54, 1.807) is 18.2 Å². The first-order valence-corrected chi connectivity index (χ1v) is 9.68. The normalized spacial score (nSPS) is 11.4. The van der Waals surface area contributed by atoms with Gasteiger partial charge < -0.3 is 10.1 Å². The molecule has 0 aliphatic heterocycles. The Morgan fingerprint density at radius 1 is 1.03 bits per heavy atom. The minimum atomic E-state index is -4.67. The molecule has 0 amide bonds. The lowest BCUT2D eigenvalue weighted by Crippen LogP contribution is -2.10. The fourth-order valence-corrected chi connectivity index (χ4v) is 3.41. The summed E-state index contributed by atoms with van der Waals surface area (Å²) in [5, 5.41) is 14.9. The molecule has 0 aliphatic rings. The van der Waals surface area contributed by atoms with Gasteiger partial charge in [-0.05, 0) is 30.3 Å². The molecular formula is C20H11BrF3N5O3. The van der Waals surface area contributed by atoms with Gasteiger partial charge in [0, 0.05) is 16.1 Å². The van der Waals surface area contributed by atoms with Gasteiger partial charge in [0.05, 0.1) is 16.2 Å². The molecule has 4 aromatic rings. The molecule has 1 N–H and O–H groups in total. The smallest absolute Gasteiger partial charge is 0.418 e. The van der Waals surface area contributed by atoms with E-state index in [0.717, 1.165) is 22.9 Å². The van der Waals surface area contributed by atoms with E-state index in [0.29, 0.717) is 10.9 Å². The standard InChI is InChI=1S/C20H11BrF3N5O3/c21-13-7-8-15(16-11(13)4-3-9-25-16)32-19-17(29(30)31)18(26-10-27-19)28-14-6-2-1-5-12(14)20(22,23)24/h1-10H,(H,26,27,28). The van der Waals surface area contributed by atoms with Crippen molar-refractivity contribution in [3.05, 3.63) is 81.2 Å². The van der Waals surface area contributed by atoms with Crippen LogP contribution in [0.4, 0.5) is 30.4 Å². The Hall–Kier alpha value is -3.80. The van der Waals surface area contributed by atoms with Crippen LogP contribution in [0.1, 0.15) is 5.56 Å². The third kappa shape index (κ3) is 4.17. The Morgan fingerprint density at radius 3 is 2.56 bits per heavy atom. The highest BCUT2D eigenvalue weighted by Crippen LogP contribution is 2.40. The number of nitrogens with zero attached hydrogens (tertiary/aromatic N) is 4. The third-order valence-corrected chi connectivity index (χ3v) is 5.03. The summed E-state index contributed by atoms with van der Waals surface area (Å²) in [6.07, 6.45) is -2.20. The minimum Gasteiger partial charge on any atom is -0.431 e. The molecule has 4 rings (SSSR count). The van der Waals surface area contributed by atoms with Crippen LogP contribution in [-0.2, 0) is 6.18 Å². The average molecular weight is 506 g/mol. The highest BCUT2D eigenvalue weighted by atomic mass is 79.9. The van der Waals surface area contributed by atoms with Crippen molar-refractivity contribution in [3.8, 4) is 11.6 Å². The number of para-hydroxylation sites is 1. The van der Waals surface area contributed by atoms with Crippen LogP contribution in [0.2, 0.25) is 0 Å². The summed E-state index contributed by atoms with van der Waals surface area (Å²) in [7, 11) is 0. The van der Waals surface area contributed by atoms with Gasteiger partial charge in [-0.15, -0.1) is 0 Å². The van der Waals surface area contributed by atoms with E-state index in [1.165, 1.54) is 24.4 Å². The number of aromatic nitrogens is 3. The number of hydrogen-bond acceptors (Lipinski definition) is 7. The van der Waals surface area contributed by atoms with Gasteiger partial charge >= 0.3 is 17.7 Å². The molecule has 0 saturated heterocycles. The fraction of sp³-hybridized carbons (Fsp3) is 0.0500. The van der Waals surface area contributed by atoms with Crippen molar-refractivity contribution in [3.63, 3.8) is 0 Å². The van der Waals surface area contributed by atoms with Crippen LogP contribution in [0.25, 0.3) is 10.9 Å². The molecule has 0 bridgehead atoms. The van der Waals surface area contributed by atoms with Crippen LogP contribution in [0.5, 0.6) is 11.6 Å². The van der Waals surface area contributed by atoms with Crippen molar-refractivity contribution >= 4 is 44.0 Å². The maximum Gasteiger partial charge on any atom is 0.418 e. The van der Waals surface area contributed by atoms with Gasteiger partial charge in [-0.1, -0.05) is 34.1 Å². The molecule has 0 aliphatic carbocycles. The second-order valence-corrected chi connectivity index (χ2v) is 7.20. The molecule has 0 saturated carbocycles. The van der Waals surface area contributed by atoms with Gasteiger partial charge in [0.2, 0.25) is 5.82 Å². The van der Waals surface area contributed by atoms with Crippen LogP contribution in [0.3, 0.4) is 0 Å². The number of benzene rings is 2. The Bertz CT molecular complexity index is 1330. The zero-order valence-electron chi connectivity index (χ0n) is 15.8. The van der Waals surface area contributed by atoms with E-state index in [-0.39, 0.29) is 5.75 Å². The Kier molecular flexibility index (Phi) is 5.61. The van der Waals surface area contributed by atoms with Crippen LogP contribution >= 0.6 is 15.9 Å². The maximum atomic E-state index is 13.3. The molecule has 0 fully saturated rings. The number of halogens is 4. The molecule has 0 unspecified atom stereocenters. The number of ether oxygens (including phenoxy) is 1. The predicted octanol–water partition coefficient (Wildman–Crippen LogP) is 6.25. The number of hydrogen-bond donors (Lipinski definition) is 1. The SMILES string of the molecule is O=[N+]([O-])c1c(Nc2ccccc2C(F)(F)F)ncnc1Oc1ccc(Br)c2cccnc12. The van der Waals surface area contributed by atoms with Crippen molar-refractivity contribution in [2.45, 2.75) is 6.18 Å².